The van der Waals surface area contributed by atoms with Gasteiger partial charge in [0, 0.05) is 25.0 Å². The first-order chi connectivity index (χ1) is 13.3. The van der Waals surface area contributed by atoms with Gasteiger partial charge in [-0.3, -0.25) is 14.4 Å². The number of nitrogens with one attached hydrogen (secondary N) is 2. The molecule has 1 atom stereocenters. The highest BCUT2D eigenvalue weighted by atomic mass is 16.3. The van der Waals surface area contributed by atoms with Crippen LogP contribution >= 0.6 is 0 Å². The molecule has 2 amide bonds. The SMILES string of the molecule is CCC(C)n1cc(C(=O)NCCC(C)C)c(=O)c(C(=O)NCc2ccco2)c1. The highest BCUT2D eigenvalue weighted by molar-refractivity contribution is 5.99. The molecule has 2 aromatic rings. The van der Waals surface area contributed by atoms with Crippen LogP contribution in [0.3, 0.4) is 0 Å². The molecule has 2 aromatic heterocycles. The van der Waals surface area contributed by atoms with Gasteiger partial charge in [0.25, 0.3) is 11.8 Å². The van der Waals surface area contributed by atoms with E-state index in [9.17, 15) is 14.4 Å². The van der Waals surface area contributed by atoms with Gasteiger partial charge in [0.05, 0.1) is 12.8 Å². The quantitative estimate of drug-likeness (QED) is 0.691. The van der Waals surface area contributed by atoms with Crippen LogP contribution in [0, 0.1) is 5.92 Å². The second-order valence-electron chi connectivity index (χ2n) is 7.32. The normalized spacial score (nSPS) is 12.0. The van der Waals surface area contributed by atoms with Crippen molar-refractivity contribution in [2.45, 2.75) is 53.1 Å². The number of carbonyl (C=O) groups is 2. The molecule has 2 heterocycles. The summed E-state index contributed by atoms with van der Waals surface area (Å²) in [4.78, 5) is 38.0. The molecule has 1 unspecified atom stereocenters. The Morgan fingerprint density at radius 1 is 1.11 bits per heavy atom. The Kier molecular flexibility index (Phi) is 7.61. The minimum atomic E-state index is -0.571. The number of amides is 2. The summed E-state index contributed by atoms with van der Waals surface area (Å²) in [5, 5.41) is 5.45. The molecule has 7 nitrogen and oxygen atoms in total. The number of aromatic nitrogens is 1. The Bertz CT molecular complexity index is 853. The molecular formula is C21H29N3O4. The Balaban J connectivity index is 2.28. The molecule has 0 bridgehead atoms. The fraction of sp³-hybridized carbons (Fsp3) is 0.476. The maximum atomic E-state index is 12.8. The zero-order valence-corrected chi connectivity index (χ0v) is 17.0. The first-order valence-electron chi connectivity index (χ1n) is 9.68. The van der Waals surface area contributed by atoms with Crippen molar-refractivity contribution < 1.29 is 14.0 Å². The van der Waals surface area contributed by atoms with E-state index in [2.05, 4.69) is 24.5 Å². The lowest BCUT2D eigenvalue weighted by Gasteiger charge is -2.17. The third-order valence-corrected chi connectivity index (χ3v) is 4.65. The van der Waals surface area contributed by atoms with Gasteiger partial charge in [-0.2, -0.15) is 0 Å². The van der Waals surface area contributed by atoms with Crippen molar-refractivity contribution >= 4 is 11.8 Å². The Labute approximate surface area is 165 Å². The van der Waals surface area contributed by atoms with Crippen LogP contribution in [0.25, 0.3) is 0 Å². The maximum Gasteiger partial charge on any atom is 0.257 e. The molecule has 7 heteroatoms. The average Bonchev–Trinajstić information content (AvgIpc) is 3.18. The summed E-state index contributed by atoms with van der Waals surface area (Å²) in [6.07, 6.45) is 6.17. The largest absolute Gasteiger partial charge is 0.467 e. The molecule has 0 aromatic carbocycles. The highest BCUT2D eigenvalue weighted by Crippen LogP contribution is 2.12. The van der Waals surface area contributed by atoms with Gasteiger partial charge in [-0.25, -0.2) is 0 Å². The zero-order valence-electron chi connectivity index (χ0n) is 17.0. The number of carbonyl (C=O) groups excluding carboxylic acids is 2. The molecule has 0 spiro atoms. The van der Waals surface area contributed by atoms with E-state index in [-0.39, 0.29) is 23.7 Å². The standard InChI is InChI=1S/C21H29N3O4/c1-5-15(4)24-12-17(20(26)22-9-8-14(2)3)19(25)18(13-24)21(27)23-11-16-7-6-10-28-16/h6-7,10,12-15H,5,8-9,11H2,1-4H3,(H,22,26)(H,23,27). The van der Waals surface area contributed by atoms with E-state index in [4.69, 9.17) is 4.42 Å². The fourth-order valence-corrected chi connectivity index (χ4v) is 2.63. The van der Waals surface area contributed by atoms with E-state index in [0.29, 0.717) is 18.2 Å². The molecule has 0 radical (unpaired) electrons. The van der Waals surface area contributed by atoms with E-state index in [1.807, 2.05) is 13.8 Å². The molecule has 2 rings (SSSR count). The van der Waals surface area contributed by atoms with E-state index in [0.717, 1.165) is 12.8 Å². The third-order valence-electron chi connectivity index (χ3n) is 4.65. The van der Waals surface area contributed by atoms with Gasteiger partial charge in [0.15, 0.2) is 0 Å². The number of hydrogen-bond acceptors (Lipinski definition) is 4. The van der Waals surface area contributed by atoms with Crippen molar-refractivity contribution in [3.63, 3.8) is 0 Å². The number of furan rings is 1. The van der Waals surface area contributed by atoms with Crippen LogP contribution in [0.2, 0.25) is 0 Å². The van der Waals surface area contributed by atoms with Gasteiger partial charge in [0.1, 0.15) is 16.9 Å². The summed E-state index contributed by atoms with van der Waals surface area (Å²) in [6, 6.07) is 3.50. The molecule has 0 aliphatic rings. The molecule has 0 aliphatic carbocycles. The summed E-state index contributed by atoms with van der Waals surface area (Å²) in [5.74, 6) is 0.0349. The molecule has 152 valence electrons. The predicted molar refractivity (Wildman–Crippen MR) is 107 cm³/mol. The topological polar surface area (TPSA) is 93.3 Å². The van der Waals surface area contributed by atoms with Gasteiger partial charge in [-0.05, 0) is 37.8 Å². The molecular weight excluding hydrogens is 358 g/mol. The van der Waals surface area contributed by atoms with Gasteiger partial charge in [0.2, 0.25) is 5.43 Å². The van der Waals surface area contributed by atoms with Crippen molar-refractivity contribution in [1.29, 1.82) is 0 Å². The summed E-state index contributed by atoms with van der Waals surface area (Å²) < 4.78 is 6.94. The molecule has 2 N–H and O–H groups in total. The predicted octanol–water partition coefficient (Wildman–Crippen LogP) is 3.12. The molecule has 28 heavy (non-hydrogen) atoms. The summed E-state index contributed by atoms with van der Waals surface area (Å²) in [6.45, 7) is 8.74. The Morgan fingerprint density at radius 2 is 1.75 bits per heavy atom. The lowest BCUT2D eigenvalue weighted by molar-refractivity contribution is 0.0945. The molecule has 0 saturated carbocycles. The van der Waals surface area contributed by atoms with Crippen LogP contribution in [0.4, 0.5) is 0 Å². The third kappa shape index (κ3) is 5.58. The number of pyridine rings is 1. The van der Waals surface area contributed by atoms with E-state index >= 15 is 0 Å². The molecule has 0 aliphatic heterocycles. The zero-order chi connectivity index (χ0) is 20.7. The smallest absolute Gasteiger partial charge is 0.257 e. The van der Waals surface area contributed by atoms with Crippen LogP contribution in [-0.4, -0.2) is 22.9 Å². The van der Waals surface area contributed by atoms with Crippen LogP contribution < -0.4 is 16.1 Å². The van der Waals surface area contributed by atoms with Crippen LogP contribution in [0.1, 0.15) is 73.1 Å². The summed E-state index contributed by atoms with van der Waals surface area (Å²) in [7, 11) is 0. The second-order valence-corrected chi connectivity index (χ2v) is 7.32. The minimum Gasteiger partial charge on any atom is -0.467 e. The number of rotatable bonds is 9. The fourth-order valence-electron chi connectivity index (χ4n) is 2.63. The maximum absolute atomic E-state index is 12.8. The van der Waals surface area contributed by atoms with Crippen molar-refractivity contribution in [3.8, 4) is 0 Å². The van der Waals surface area contributed by atoms with Crippen LogP contribution in [0.5, 0.6) is 0 Å². The van der Waals surface area contributed by atoms with Gasteiger partial charge < -0.3 is 19.6 Å². The lowest BCUT2D eigenvalue weighted by atomic mass is 10.1. The van der Waals surface area contributed by atoms with Gasteiger partial charge in [-0.15, -0.1) is 0 Å². The summed E-state index contributed by atoms with van der Waals surface area (Å²) >= 11 is 0. The van der Waals surface area contributed by atoms with E-state index in [1.165, 1.54) is 18.7 Å². The molecule has 0 saturated heterocycles. The van der Waals surface area contributed by atoms with Crippen LogP contribution in [0.15, 0.2) is 40.0 Å². The molecule has 0 fully saturated rings. The van der Waals surface area contributed by atoms with E-state index < -0.39 is 17.2 Å². The highest BCUT2D eigenvalue weighted by Gasteiger charge is 2.20. The van der Waals surface area contributed by atoms with Crippen LogP contribution in [-0.2, 0) is 6.54 Å². The Morgan fingerprint density at radius 3 is 2.29 bits per heavy atom. The first-order valence-corrected chi connectivity index (χ1v) is 9.68. The second kappa shape index (κ2) is 9.92. The van der Waals surface area contributed by atoms with Gasteiger partial charge in [-0.1, -0.05) is 20.8 Å². The Hall–Kier alpha value is -2.83. The lowest BCUT2D eigenvalue weighted by Crippen LogP contribution is -2.36. The van der Waals surface area contributed by atoms with Crippen molar-refractivity contribution in [2.24, 2.45) is 5.92 Å². The van der Waals surface area contributed by atoms with Crippen molar-refractivity contribution in [1.82, 2.24) is 15.2 Å². The minimum absolute atomic E-state index is 0.0188. The van der Waals surface area contributed by atoms with Gasteiger partial charge >= 0.3 is 0 Å². The monoisotopic (exact) mass is 387 g/mol. The first kappa shape index (κ1) is 21.5. The number of nitrogens with zero attached hydrogens (tertiary/aromatic N) is 1. The van der Waals surface area contributed by atoms with Crippen molar-refractivity contribution in [2.75, 3.05) is 6.54 Å². The van der Waals surface area contributed by atoms with Crippen molar-refractivity contribution in [3.05, 3.63) is 57.9 Å². The average molecular weight is 387 g/mol. The summed E-state index contributed by atoms with van der Waals surface area (Å²) in [5.41, 5.74) is -0.642. The van der Waals surface area contributed by atoms with E-state index in [1.54, 1.807) is 16.7 Å². The number of hydrogen-bond donors (Lipinski definition) is 2.